The summed E-state index contributed by atoms with van der Waals surface area (Å²) in [6.45, 7) is 3.77. The molecule has 4 aromatic rings. The number of carbonyl (C=O) groups excluding carboxylic acids is 2. The number of rotatable bonds is 7. The number of carbonyl (C=O) groups is 2. The third kappa shape index (κ3) is 4.69. The normalized spacial score (nSPS) is 10.9. The lowest BCUT2D eigenvalue weighted by molar-refractivity contribution is 0.0527. The number of H-pyrrole nitrogens is 1. The van der Waals surface area contributed by atoms with E-state index in [-0.39, 0.29) is 23.7 Å². The Bertz CT molecular complexity index is 1450. The standard InChI is InChI=1S/C23H22N6O4S/c1-4-33-23(32)15-11-24-29(19-9-13(2)14-7-5-6-8-16(14)26-19)21(15)28-22(31)17-10-20(30)27-18(25-17)12-34-3/h5-11H,4,12H2,1-3H3,(H,28,31)(H,25,27,30). The van der Waals surface area contributed by atoms with Gasteiger partial charge in [-0.05, 0) is 37.8 Å². The van der Waals surface area contributed by atoms with Crippen molar-refractivity contribution in [2.45, 2.75) is 19.6 Å². The van der Waals surface area contributed by atoms with Crippen molar-refractivity contribution in [3.63, 3.8) is 0 Å². The molecule has 10 nitrogen and oxygen atoms in total. The van der Waals surface area contributed by atoms with Gasteiger partial charge in [-0.3, -0.25) is 9.59 Å². The van der Waals surface area contributed by atoms with Gasteiger partial charge < -0.3 is 15.0 Å². The number of thioether (sulfide) groups is 1. The molecule has 2 N–H and O–H groups in total. The molecule has 0 saturated heterocycles. The number of nitrogens with zero attached hydrogens (tertiary/aromatic N) is 4. The smallest absolute Gasteiger partial charge is 0.343 e. The highest BCUT2D eigenvalue weighted by Gasteiger charge is 2.24. The maximum atomic E-state index is 13.1. The Morgan fingerprint density at radius 3 is 2.76 bits per heavy atom. The highest BCUT2D eigenvalue weighted by molar-refractivity contribution is 7.97. The number of aryl methyl sites for hydroxylation is 1. The molecule has 0 radical (unpaired) electrons. The van der Waals surface area contributed by atoms with Gasteiger partial charge >= 0.3 is 5.97 Å². The van der Waals surface area contributed by atoms with Crippen molar-refractivity contribution in [2.24, 2.45) is 0 Å². The number of hydrogen-bond donors (Lipinski definition) is 2. The van der Waals surface area contributed by atoms with Crippen LogP contribution in [-0.4, -0.2) is 49.5 Å². The minimum absolute atomic E-state index is 0.0528. The summed E-state index contributed by atoms with van der Waals surface area (Å²) in [6.07, 6.45) is 3.17. The van der Waals surface area contributed by atoms with Gasteiger partial charge in [0.1, 0.15) is 17.1 Å². The number of pyridine rings is 1. The number of hydrogen-bond acceptors (Lipinski definition) is 8. The number of ether oxygens (including phenoxy) is 1. The number of para-hydroxylation sites is 1. The summed E-state index contributed by atoms with van der Waals surface area (Å²) in [5, 5.41) is 7.95. The van der Waals surface area contributed by atoms with E-state index in [2.05, 4.69) is 25.4 Å². The zero-order valence-electron chi connectivity index (χ0n) is 18.8. The largest absolute Gasteiger partial charge is 0.462 e. The number of nitrogens with one attached hydrogen (secondary N) is 2. The van der Waals surface area contributed by atoms with Gasteiger partial charge in [0, 0.05) is 11.5 Å². The molecular weight excluding hydrogens is 456 g/mol. The van der Waals surface area contributed by atoms with Gasteiger partial charge in [0.15, 0.2) is 11.6 Å². The van der Waals surface area contributed by atoms with Crippen molar-refractivity contribution >= 4 is 40.4 Å². The molecule has 0 fully saturated rings. The van der Waals surface area contributed by atoms with Crippen LogP contribution in [0.3, 0.4) is 0 Å². The van der Waals surface area contributed by atoms with E-state index in [0.29, 0.717) is 17.4 Å². The van der Waals surface area contributed by atoms with Crippen molar-refractivity contribution in [1.29, 1.82) is 0 Å². The number of fused-ring (bicyclic) bond motifs is 1. The molecule has 0 atom stereocenters. The summed E-state index contributed by atoms with van der Waals surface area (Å²) in [5.41, 5.74) is 1.20. The van der Waals surface area contributed by atoms with Crippen LogP contribution in [0.25, 0.3) is 16.7 Å². The molecule has 11 heteroatoms. The molecule has 1 amide bonds. The first-order valence-corrected chi connectivity index (χ1v) is 11.8. The fourth-order valence-electron chi connectivity index (χ4n) is 3.44. The lowest BCUT2D eigenvalue weighted by Gasteiger charge is -2.12. The minimum atomic E-state index is -0.668. The molecule has 174 valence electrons. The quantitative estimate of drug-likeness (QED) is 0.387. The van der Waals surface area contributed by atoms with Crippen molar-refractivity contribution in [3.8, 4) is 5.82 Å². The summed E-state index contributed by atoms with van der Waals surface area (Å²) in [5.74, 6) is -0.0381. The summed E-state index contributed by atoms with van der Waals surface area (Å²) in [6, 6.07) is 10.5. The van der Waals surface area contributed by atoms with E-state index in [0.717, 1.165) is 22.5 Å². The van der Waals surface area contributed by atoms with Crippen LogP contribution in [0.15, 0.2) is 47.4 Å². The van der Waals surface area contributed by atoms with Crippen LogP contribution in [-0.2, 0) is 10.5 Å². The first kappa shape index (κ1) is 23.2. The number of amides is 1. The maximum absolute atomic E-state index is 13.1. The highest BCUT2D eigenvalue weighted by atomic mass is 32.2. The van der Waals surface area contributed by atoms with E-state index < -0.39 is 17.4 Å². The van der Waals surface area contributed by atoms with Crippen LogP contribution in [0.1, 0.15) is 39.2 Å². The van der Waals surface area contributed by atoms with Gasteiger partial charge in [0.25, 0.3) is 11.5 Å². The fraction of sp³-hybridized carbons (Fsp3) is 0.217. The second kappa shape index (κ2) is 9.87. The zero-order valence-corrected chi connectivity index (χ0v) is 19.6. The maximum Gasteiger partial charge on any atom is 0.343 e. The zero-order chi connectivity index (χ0) is 24.2. The molecule has 3 heterocycles. The summed E-state index contributed by atoms with van der Waals surface area (Å²) in [7, 11) is 0. The average Bonchev–Trinajstić information content (AvgIpc) is 3.22. The topological polar surface area (TPSA) is 132 Å². The molecular formula is C23H22N6O4S. The molecule has 1 aromatic carbocycles. The van der Waals surface area contributed by atoms with Crippen LogP contribution < -0.4 is 10.9 Å². The van der Waals surface area contributed by atoms with Crippen LogP contribution in [0.5, 0.6) is 0 Å². The first-order valence-electron chi connectivity index (χ1n) is 10.4. The molecule has 0 aliphatic heterocycles. The van der Waals surface area contributed by atoms with Crippen LogP contribution >= 0.6 is 11.8 Å². The third-order valence-corrected chi connectivity index (χ3v) is 5.49. The lowest BCUT2D eigenvalue weighted by Crippen LogP contribution is -2.23. The number of esters is 1. The van der Waals surface area contributed by atoms with E-state index >= 15 is 0 Å². The molecule has 0 bridgehead atoms. The van der Waals surface area contributed by atoms with Crippen molar-refractivity contribution < 1.29 is 14.3 Å². The van der Waals surface area contributed by atoms with E-state index in [1.807, 2.05) is 43.5 Å². The Morgan fingerprint density at radius 1 is 1.21 bits per heavy atom. The Morgan fingerprint density at radius 2 is 2.00 bits per heavy atom. The Labute approximate surface area is 198 Å². The highest BCUT2D eigenvalue weighted by Crippen LogP contribution is 2.25. The fourth-order valence-corrected chi connectivity index (χ4v) is 3.85. The molecule has 3 aromatic heterocycles. The van der Waals surface area contributed by atoms with Crippen molar-refractivity contribution in [1.82, 2.24) is 24.7 Å². The van der Waals surface area contributed by atoms with Crippen molar-refractivity contribution in [3.05, 3.63) is 75.6 Å². The van der Waals surface area contributed by atoms with Crippen LogP contribution in [0, 0.1) is 6.92 Å². The minimum Gasteiger partial charge on any atom is -0.462 e. The second-order valence-corrected chi connectivity index (χ2v) is 8.18. The predicted octanol–water partition coefficient (Wildman–Crippen LogP) is 3.10. The van der Waals surface area contributed by atoms with Gasteiger partial charge in [-0.1, -0.05) is 18.2 Å². The summed E-state index contributed by atoms with van der Waals surface area (Å²) in [4.78, 5) is 49.1. The first-order chi connectivity index (χ1) is 16.4. The van der Waals surface area contributed by atoms with Crippen LogP contribution in [0.4, 0.5) is 5.82 Å². The summed E-state index contributed by atoms with van der Waals surface area (Å²) < 4.78 is 6.49. The Kier molecular flexibility index (Phi) is 6.73. The van der Waals surface area contributed by atoms with Crippen molar-refractivity contribution in [2.75, 3.05) is 18.2 Å². The number of benzene rings is 1. The molecule has 0 unspecified atom stereocenters. The Hall–Kier alpha value is -3.99. The monoisotopic (exact) mass is 478 g/mol. The van der Waals surface area contributed by atoms with E-state index in [1.54, 1.807) is 6.92 Å². The average molecular weight is 479 g/mol. The van der Waals surface area contributed by atoms with Gasteiger partial charge in [-0.25, -0.2) is 14.8 Å². The number of aromatic nitrogens is 5. The molecule has 0 spiro atoms. The van der Waals surface area contributed by atoms with Gasteiger partial charge in [0.05, 0.1) is 24.1 Å². The number of anilines is 1. The van der Waals surface area contributed by atoms with E-state index in [9.17, 15) is 14.4 Å². The van der Waals surface area contributed by atoms with Gasteiger partial charge in [-0.2, -0.15) is 21.5 Å². The number of aromatic amines is 1. The van der Waals surface area contributed by atoms with E-state index in [1.165, 1.54) is 22.6 Å². The molecule has 0 aliphatic rings. The van der Waals surface area contributed by atoms with E-state index in [4.69, 9.17) is 4.74 Å². The third-order valence-electron chi connectivity index (χ3n) is 4.93. The SMILES string of the molecule is CCOC(=O)c1cnn(-c2cc(C)c3ccccc3n2)c1NC(=O)c1cc(=O)[nH]c(CSC)n1. The molecule has 0 saturated carbocycles. The van der Waals surface area contributed by atoms with Gasteiger partial charge in [0.2, 0.25) is 0 Å². The molecule has 0 aliphatic carbocycles. The predicted molar refractivity (Wildman–Crippen MR) is 130 cm³/mol. The summed E-state index contributed by atoms with van der Waals surface area (Å²) >= 11 is 1.46. The van der Waals surface area contributed by atoms with Gasteiger partial charge in [-0.15, -0.1) is 0 Å². The molecule has 34 heavy (non-hydrogen) atoms. The Balaban J connectivity index is 1.80. The molecule has 4 rings (SSSR count). The second-order valence-electron chi connectivity index (χ2n) is 7.32. The lowest BCUT2D eigenvalue weighted by atomic mass is 10.1. The van der Waals surface area contributed by atoms with Crippen LogP contribution in [0.2, 0.25) is 0 Å².